The fourth-order valence-corrected chi connectivity index (χ4v) is 3.12. The molecule has 4 heteroatoms. The summed E-state index contributed by atoms with van der Waals surface area (Å²) in [7, 11) is 0. The first-order valence-electron chi connectivity index (χ1n) is 10.7. The quantitative estimate of drug-likeness (QED) is 0.216. The molecule has 0 atom stereocenters. The molecule has 0 rings (SSSR count). The van der Waals surface area contributed by atoms with E-state index in [0.717, 1.165) is 6.54 Å². The van der Waals surface area contributed by atoms with E-state index < -0.39 is 5.97 Å². The second kappa shape index (κ2) is 24.4. The van der Waals surface area contributed by atoms with Gasteiger partial charge < -0.3 is 10.4 Å². The van der Waals surface area contributed by atoms with Gasteiger partial charge >= 0.3 is 35.5 Å². The monoisotopic (exact) mass is 365 g/mol. The van der Waals surface area contributed by atoms with Gasteiger partial charge in [-0.2, -0.15) is 0 Å². The van der Waals surface area contributed by atoms with E-state index in [9.17, 15) is 4.79 Å². The minimum absolute atomic E-state index is 0. The fraction of sp³-hybridized carbons (Fsp3) is 0.952. The van der Waals surface area contributed by atoms with Crippen LogP contribution in [0.3, 0.4) is 0 Å². The number of rotatable bonds is 20. The first-order valence-corrected chi connectivity index (χ1v) is 10.7. The molecule has 0 aromatic rings. The molecule has 25 heavy (non-hydrogen) atoms. The standard InChI is InChI=1S/C21H43NO2.Na.H/c1-2-3-4-5-6-7-8-9-10-11-12-13-14-15-16-17-19-22-20-18-21(23)24;;/h22H,2-20H2,1H3,(H,23,24);;. The summed E-state index contributed by atoms with van der Waals surface area (Å²) in [5, 5.41) is 11.7. The van der Waals surface area contributed by atoms with E-state index in [1.54, 1.807) is 0 Å². The number of aliphatic carboxylic acids is 1. The van der Waals surface area contributed by atoms with Gasteiger partial charge in [0.1, 0.15) is 0 Å². The van der Waals surface area contributed by atoms with Gasteiger partial charge in [0.15, 0.2) is 0 Å². The van der Waals surface area contributed by atoms with Crippen LogP contribution >= 0.6 is 0 Å². The Balaban J connectivity index is 0. The first kappa shape index (κ1) is 27.6. The normalized spacial score (nSPS) is 10.6. The molecule has 146 valence electrons. The van der Waals surface area contributed by atoms with Crippen LogP contribution < -0.4 is 5.32 Å². The van der Waals surface area contributed by atoms with E-state index in [4.69, 9.17) is 5.11 Å². The summed E-state index contributed by atoms with van der Waals surface area (Å²) in [6.07, 6.45) is 22.5. The Morgan fingerprint density at radius 2 is 1.00 bits per heavy atom. The molecule has 0 aromatic carbocycles. The number of unbranched alkanes of at least 4 members (excludes halogenated alkanes) is 15. The van der Waals surface area contributed by atoms with Crippen LogP contribution in [0.1, 0.15) is 116 Å². The van der Waals surface area contributed by atoms with E-state index in [1.165, 1.54) is 103 Å². The van der Waals surface area contributed by atoms with Crippen LogP contribution in [0.25, 0.3) is 0 Å². The van der Waals surface area contributed by atoms with Gasteiger partial charge in [-0.05, 0) is 13.0 Å². The molecule has 3 nitrogen and oxygen atoms in total. The van der Waals surface area contributed by atoms with Gasteiger partial charge in [-0.15, -0.1) is 0 Å². The Morgan fingerprint density at radius 1 is 0.640 bits per heavy atom. The zero-order valence-electron chi connectivity index (χ0n) is 16.3. The second-order valence-corrected chi connectivity index (χ2v) is 7.20. The van der Waals surface area contributed by atoms with Crippen molar-refractivity contribution in [2.24, 2.45) is 0 Å². The van der Waals surface area contributed by atoms with Crippen LogP contribution in [0.4, 0.5) is 0 Å². The predicted molar refractivity (Wildman–Crippen MR) is 112 cm³/mol. The van der Waals surface area contributed by atoms with Crippen molar-refractivity contribution in [1.82, 2.24) is 5.32 Å². The number of nitrogens with one attached hydrogen (secondary N) is 1. The van der Waals surface area contributed by atoms with Crippen molar-refractivity contribution in [3.8, 4) is 0 Å². The molecule has 0 saturated carbocycles. The summed E-state index contributed by atoms with van der Waals surface area (Å²) in [5.74, 6) is -0.713. The third-order valence-electron chi connectivity index (χ3n) is 4.72. The van der Waals surface area contributed by atoms with Gasteiger partial charge in [-0.1, -0.05) is 103 Å². The van der Waals surface area contributed by atoms with Crippen LogP contribution in [0.5, 0.6) is 0 Å². The SMILES string of the molecule is CCCCCCCCCCCCCCCCCCNCCC(=O)O.[NaH]. The van der Waals surface area contributed by atoms with E-state index in [0.29, 0.717) is 6.54 Å². The summed E-state index contributed by atoms with van der Waals surface area (Å²) >= 11 is 0. The van der Waals surface area contributed by atoms with Gasteiger partial charge in [0, 0.05) is 6.54 Å². The molecule has 0 bridgehead atoms. The number of carboxylic acids is 1. The number of hydrogen-bond acceptors (Lipinski definition) is 2. The van der Waals surface area contributed by atoms with Crippen molar-refractivity contribution in [2.45, 2.75) is 116 Å². The average Bonchev–Trinajstić information content (AvgIpc) is 2.56. The van der Waals surface area contributed by atoms with Gasteiger partial charge in [0.05, 0.1) is 6.42 Å². The molecular weight excluding hydrogens is 321 g/mol. The molecule has 0 amide bonds. The summed E-state index contributed by atoms with van der Waals surface area (Å²) in [6.45, 7) is 3.85. The zero-order chi connectivity index (χ0) is 17.7. The Bertz CT molecular complexity index is 262. The van der Waals surface area contributed by atoms with Crippen molar-refractivity contribution in [2.75, 3.05) is 13.1 Å². The third-order valence-corrected chi connectivity index (χ3v) is 4.72. The zero-order valence-corrected chi connectivity index (χ0v) is 16.3. The van der Waals surface area contributed by atoms with Crippen LogP contribution in [0.2, 0.25) is 0 Å². The van der Waals surface area contributed by atoms with Gasteiger partial charge in [0.25, 0.3) is 0 Å². The number of carboxylic acid groups (broad SMARTS) is 1. The van der Waals surface area contributed by atoms with Crippen molar-refractivity contribution >= 4 is 35.5 Å². The van der Waals surface area contributed by atoms with E-state index in [2.05, 4.69) is 12.2 Å². The molecule has 0 spiro atoms. The molecule has 0 aliphatic heterocycles. The topological polar surface area (TPSA) is 49.3 Å². The van der Waals surface area contributed by atoms with Gasteiger partial charge in [-0.25, -0.2) is 0 Å². The Kier molecular flexibility index (Phi) is 27.0. The Morgan fingerprint density at radius 3 is 1.36 bits per heavy atom. The molecule has 0 aliphatic carbocycles. The Labute approximate surface area is 179 Å². The molecule has 0 radical (unpaired) electrons. The average molecular weight is 366 g/mol. The maximum absolute atomic E-state index is 10.3. The number of hydrogen-bond donors (Lipinski definition) is 2. The molecule has 2 N–H and O–H groups in total. The third kappa shape index (κ3) is 26.8. The second-order valence-electron chi connectivity index (χ2n) is 7.20. The molecule has 0 aliphatic rings. The van der Waals surface area contributed by atoms with E-state index in [-0.39, 0.29) is 36.0 Å². The molecule has 0 heterocycles. The fourth-order valence-electron chi connectivity index (χ4n) is 3.12. The van der Waals surface area contributed by atoms with Gasteiger partial charge in [-0.3, -0.25) is 4.79 Å². The van der Waals surface area contributed by atoms with Crippen LogP contribution in [-0.4, -0.2) is 53.7 Å². The van der Waals surface area contributed by atoms with E-state index >= 15 is 0 Å². The first-order chi connectivity index (χ1) is 11.8. The molecule has 0 unspecified atom stereocenters. The van der Waals surface area contributed by atoms with Gasteiger partial charge in [0.2, 0.25) is 0 Å². The summed E-state index contributed by atoms with van der Waals surface area (Å²) in [6, 6.07) is 0. The van der Waals surface area contributed by atoms with E-state index in [1.807, 2.05) is 0 Å². The molecule has 0 fully saturated rings. The summed E-state index contributed by atoms with van der Waals surface area (Å²) in [4.78, 5) is 10.3. The predicted octanol–water partition coefficient (Wildman–Crippen LogP) is 5.66. The van der Waals surface area contributed by atoms with Crippen molar-refractivity contribution in [1.29, 1.82) is 0 Å². The summed E-state index contributed by atoms with van der Waals surface area (Å²) in [5.41, 5.74) is 0. The Hall–Kier alpha value is 0.430. The van der Waals surface area contributed by atoms with Crippen molar-refractivity contribution in [3.05, 3.63) is 0 Å². The van der Waals surface area contributed by atoms with Crippen molar-refractivity contribution < 1.29 is 9.90 Å². The molecule has 0 aromatic heterocycles. The minimum atomic E-state index is -0.713. The van der Waals surface area contributed by atoms with Crippen LogP contribution in [0, 0.1) is 0 Å². The summed E-state index contributed by atoms with van der Waals surface area (Å²) < 4.78 is 0. The maximum atomic E-state index is 10.3. The molecule has 0 saturated heterocycles. The number of carbonyl (C=O) groups is 1. The van der Waals surface area contributed by atoms with Crippen LogP contribution in [-0.2, 0) is 4.79 Å². The molecular formula is C21H44NNaO2. The van der Waals surface area contributed by atoms with Crippen molar-refractivity contribution in [3.63, 3.8) is 0 Å². The van der Waals surface area contributed by atoms with Crippen LogP contribution in [0.15, 0.2) is 0 Å².